The number of aromatic nitrogens is 4. The van der Waals surface area contributed by atoms with E-state index in [-0.39, 0.29) is 0 Å². The molecule has 0 saturated carbocycles. The molecule has 0 bridgehead atoms. The van der Waals surface area contributed by atoms with Crippen LogP contribution in [0.5, 0.6) is 0 Å². The topological polar surface area (TPSA) is 43.1 Å². The van der Waals surface area contributed by atoms with Gasteiger partial charge in [-0.25, -0.2) is 0 Å². The summed E-state index contributed by atoms with van der Waals surface area (Å²) in [7, 11) is 0. The molecule has 3 heterocycles. The van der Waals surface area contributed by atoms with Gasteiger partial charge in [-0.05, 0) is 12.1 Å². The maximum absolute atomic E-state index is 4.12. The predicted octanol–water partition coefficient (Wildman–Crippen LogP) is 1.85. The maximum Gasteiger partial charge on any atom is 0.180 e. The first kappa shape index (κ1) is 7.64. The summed E-state index contributed by atoms with van der Waals surface area (Å²) < 4.78 is 1.95. The minimum Gasteiger partial charge on any atom is -0.282 e. The van der Waals surface area contributed by atoms with Crippen LogP contribution in [0.25, 0.3) is 16.3 Å². The van der Waals surface area contributed by atoms with Crippen LogP contribution in [0.4, 0.5) is 0 Å². The van der Waals surface area contributed by atoms with Crippen LogP contribution in [0.2, 0.25) is 0 Å². The Morgan fingerprint density at radius 2 is 2.21 bits per heavy atom. The van der Waals surface area contributed by atoms with Gasteiger partial charge >= 0.3 is 0 Å². The van der Waals surface area contributed by atoms with E-state index < -0.39 is 0 Å². The molecule has 0 amide bonds. The van der Waals surface area contributed by atoms with Crippen molar-refractivity contribution in [2.45, 2.75) is 0 Å². The van der Waals surface area contributed by atoms with Gasteiger partial charge in [-0.15, -0.1) is 21.5 Å². The number of rotatable bonds is 1. The zero-order valence-corrected chi connectivity index (χ0v) is 7.98. The minimum absolute atomic E-state index is 0.850. The largest absolute Gasteiger partial charge is 0.282 e. The van der Waals surface area contributed by atoms with Gasteiger partial charge in [-0.1, -0.05) is 6.07 Å². The summed E-state index contributed by atoms with van der Waals surface area (Å²) in [6.45, 7) is 0. The van der Waals surface area contributed by atoms with Gasteiger partial charge in [0, 0.05) is 12.4 Å². The Morgan fingerprint density at radius 1 is 1.21 bits per heavy atom. The monoisotopic (exact) mass is 202 g/mol. The third kappa shape index (κ3) is 1.03. The Balaban J connectivity index is 2.33. The summed E-state index contributed by atoms with van der Waals surface area (Å²) in [6, 6.07) is 5.83. The van der Waals surface area contributed by atoms with E-state index in [1.807, 2.05) is 28.8 Å². The highest BCUT2D eigenvalue weighted by Gasteiger charge is 2.07. The molecule has 0 atom stereocenters. The van der Waals surface area contributed by atoms with Gasteiger partial charge in [0.1, 0.15) is 0 Å². The second-order valence-electron chi connectivity index (χ2n) is 2.82. The van der Waals surface area contributed by atoms with Gasteiger partial charge in [0.2, 0.25) is 0 Å². The lowest BCUT2D eigenvalue weighted by Crippen LogP contribution is -1.85. The molecule has 4 nitrogen and oxygen atoms in total. The molecule has 3 aromatic heterocycles. The highest BCUT2D eigenvalue weighted by atomic mass is 32.1. The van der Waals surface area contributed by atoms with Gasteiger partial charge in [-0.3, -0.25) is 9.38 Å². The molecule has 0 aromatic carbocycles. The average Bonchev–Trinajstić information content (AvgIpc) is 2.85. The van der Waals surface area contributed by atoms with E-state index in [2.05, 4.69) is 15.2 Å². The molecule has 5 heteroatoms. The Labute approximate surface area is 83.9 Å². The lowest BCUT2D eigenvalue weighted by molar-refractivity contribution is 1.12. The summed E-state index contributed by atoms with van der Waals surface area (Å²) in [5.74, 6) is 0.850. The van der Waals surface area contributed by atoms with E-state index in [0.717, 1.165) is 16.3 Å². The van der Waals surface area contributed by atoms with Crippen LogP contribution in [0.1, 0.15) is 0 Å². The number of fused-ring (bicyclic) bond motifs is 1. The Hall–Kier alpha value is -1.75. The average molecular weight is 202 g/mol. The molecule has 0 N–H and O–H groups in total. The second-order valence-corrected chi connectivity index (χ2v) is 3.70. The van der Waals surface area contributed by atoms with E-state index in [9.17, 15) is 0 Å². The number of hydrogen-bond acceptors (Lipinski definition) is 4. The minimum atomic E-state index is 0.850. The van der Waals surface area contributed by atoms with Crippen molar-refractivity contribution in [3.8, 4) is 10.7 Å². The highest BCUT2D eigenvalue weighted by molar-refractivity contribution is 7.13. The molecule has 0 unspecified atom stereocenters. The molecule has 0 saturated heterocycles. The van der Waals surface area contributed by atoms with Gasteiger partial charge in [0.15, 0.2) is 11.5 Å². The zero-order chi connectivity index (χ0) is 9.38. The molecule has 68 valence electrons. The zero-order valence-electron chi connectivity index (χ0n) is 7.16. The van der Waals surface area contributed by atoms with E-state index in [0.29, 0.717) is 0 Å². The van der Waals surface area contributed by atoms with E-state index in [4.69, 9.17) is 0 Å². The van der Waals surface area contributed by atoms with Crippen LogP contribution < -0.4 is 0 Å². The van der Waals surface area contributed by atoms with Crippen LogP contribution in [0, 0.1) is 0 Å². The third-order valence-electron chi connectivity index (χ3n) is 1.97. The summed E-state index contributed by atoms with van der Waals surface area (Å²) in [4.78, 5) is 5.05. The maximum atomic E-state index is 4.12. The smallest absolute Gasteiger partial charge is 0.180 e. The standard InChI is InChI=1S/C9H6N4S/c1-2-4-13-8(3-1)11-12-9(13)7-5-10-6-14-7/h1-6H. The molecule has 0 aliphatic rings. The van der Waals surface area contributed by atoms with E-state index >= 15 is 0 Å². The van der Waals surface area contributed by atoms with Gasteiger partial charge in [-0.2, -0.15) is 0 Å². The second kappa shape index (κ2) is 2.88. The Kier molecular flexibility index (Phi) is 1.57. The molecular weight excluding hydrogens is 196 g/mol. The van der Waals surface area contributed by atoms with Crippen molar-refractivity contribution in [3.63, 3.8) is 0 Å². The molecule has 0 fully saturated rings. The van der Waals surface area contributed by atoms with Crippen molar-refractivity contribution in [1.29, 1.82) is 0 Å². The fourth-order valence-electron chi connectivity index (χ4n) is 1.34. The van der Waals surface area contributed by atoms with Crippen LogP contribution >= 0.6 is 11.3 Å². The quantitative estimate of drug-likeness (QED) is 0.604. The SMILES string of the molecule is c1ccn2c(-c3cncs3)nnc2c1. The van der Waals surface area contributed by atoms with E-state index in [1.165, 1.54) is 0 Å². The lowest BCUT2D eigenvalue weighted by atomic mass is 10.4. The van der Waals surface area contributed by atoms with E-state index in [1.54, 1.807) is 23.0 Å². The first-order chi connectivity index (χ1) is 6.95. The molecule has 14 heavy (non-hydrogen) atoms. The highest BCUT2D eigenvalue weighted by Crippen LogP contribution is 2.21. The number of pyridine rings is 1. The molecule has 0 spiro atoms. The summed E-state index contributed by atoms with van der Waals surface area (Å²) in [5, 5.41) is 8.19. The molecular formula is C9H6N4S. The normalized spacial score (nSPS) is 10.9. The molecule has 0 aliphatic carbocycles. The molecule has 3 rings (SSSR count). The first-order valence-electron chi connectivity index (χ1n) is 4.14. The van der Waals surface area contributed by atoms with Crippen molar-refractivity contribution in [1.82, 2.24) is 19.6 Å². The number of nitrogens with zero attached hydrogens (tertiary/aromatic N) is 4. The van der Waals surface area contributed by atoms with Crippen LogP contribution in [0.3, 0.4) is 0 Å². The van der Waals surface area contributed by atoms with Crippen molar-refractivity contribution in [2.24, 2.45) is 0 Å². The summed E-state index contributed by atoms with van der Waals surface area (Å²) in [6.07, 6.45) is 3.75. The molecule has 3 aromatic rings. The van der Waals surface area contributed by atoms with Crippen molar-refractivity contribution < 1.29 is 0 Å². The fourth-order valence-corrected chi connectivity index (χ4v) is 1.94. The Morgan fingerprint density at radius 3 is 3.07 bits per heavy atom. The number of thiazole rings is 1. The van der Waals surface area contributed by atoms with Crippen LogP contribution in [-0.2, 0) is 0 Å². The van der Waals surface area contributed by atoms with Crippen LogP contribution in [-0.4, -0.2) is 19.6 Å². The third-order valence-corrected chi connectivity index (χ3v) is 2.74. The lowest BCUT2D eigenvalue weighted by Gasteiger charge is -1.93. The van der Waals surface area contributed by atoms with Gasteiger partial charge in [0.25, 0.3) is 0 Å². The molecule has 0 aliphatic heterocycles. The van der Waals surface area contributed by atoms with Crippen LogP contribution in [0.15, 0.2) is 36.1 Å². The summed E-state index contributed by atoms with van der Waals surface area (Å²) >= 11 is 1.56. The fraction of sp³-hybridized carbons (Fsp3) is 0. The number of hydrogen-bond donors (Lipinski definition) is 0. The van der Waals surface area contributed by atoms with Gasteiger partial charge in [0.05, 0.1) is 10.4 Å². The Bertz CT molecular complexity index is 555. The molecule has 0 radical (unpaired) electrons. The predicted molar refractivity (Wildman–Crippen MR) is 54.1 cm³/mol. The van der Waals surface area contributed by atoms with Crippen molar-refractivity contribution in [2.75, 3.05) is 0 Å². The summed E-state index contributed by atoms with van der Waals surface area (Å²) in [5.41, 5.74) is 2.65. The van der Waals surface area contributed by atoms with Gasteiger partial charge < -0.3 is 0 Å². The first-order valence-corrected chi connectivity index (χ1v) is 5.02. The van der Waals surface area contributed by atoms with Crippen molar-refractivity contribution >= 4 is 17.0 Å². The van der Waals surface area contributed by atoms with Crippen molar-refractivity contribution in [3.05, 3.63) is 36.1 Å².